The van der Waals surface area contributed by atoms with Gasteiger partial charge in [-0.25, -0.2) is 9.97 Å². The van der Waals surface area contributed by atoms with Crippen LogP contribution in [-0.2, 0) is 11.2 Å². The Balaban J connectivity index is 1.65. The van der Waals surface area contributed by atoms with Crippen molar-refractivity contribution in [1.29, 1.82) is 0 Å². The van der Waals surface area contributed by atoms with Gasteiger partial charge in [0.2, 0.25) is 17.5 Å². The summed E-state index contributed by atoms with van der Waals surface area (Å²) >= 11 is 0. The number of hydrogen-bond acceptors (Lipinski definition) is 10. The lowest BCUT2D eigenvalue weighted by Gasteiger charge is -2.11. The molecule has 0 aliphatic heterocycles. The van der Waals surface area contributed by atoms with Crippen LogP contribution < -0.4 is 21.7 Å². The molecular formula is C19H16N8O6. The average molecular weight is 452 g/mol. The van der Waals surface area contributed by atoms with Gasteiger partial charge in [0.25, 0.3) is 11.6 Å². The number of amides is 2. The molecule has 14 nitrogen and oxygen atoms in total. The Kier molecular flexibility index (Phi) is 7.00. The van der Waals surface area contributed by atoms with E-state index in [1.807, 2.05) is 0 Å². The second-order valence-corrected chi connectivity index (χ2v) is 6.40. The first-order chi connectivity index (χ1) is 15.8. The Bertz CT molecular complexity index is 1190. The third kappa shape index (κ3) is 5.94. The van der Waals surface area contributed by atoms with E-state index in [1.165, 1.54) is 24.3 Å². The molecule has 0 radical (unpaired) electrons. The molecular weight excluding hydrogens is 436 g/mol. The van der Waals surface area contributed by atoms with E-state index in [9.17, 15) is 29.8 Å². The highest BCUT2D eigenvalue weighted by atomic mass is 16.6. The Hall–Kier alpha value is -5.14. The summed E-state index contributed by atoms with van der Waals surface area (Å²) in [5.74, 6) is -1.77. The highest BCUT2D eigenvalue weighted by Gasteiger charge is 2.24. The number of benzene rings is 2. The van der Waals surface area contributed by atoms with E-state index in [4.69, 9.17) is 0 Å². The number of nitro benzene ring substituents is 1. The lowest BCUT2D eigenvalue weighted by molar-refractivity contribution is -0.384. The number of nitrogens with zero attached hydrogens (tertiary/aromatic N) is 4. The van der Waals surface area contributed by atoms with Crippen molar-refractivity contribution in [3.63, 3.8) is 0 Å². The van der Waals surface area contributed by atoms with Gasteiger partial charge in [-0.3, -0.25) is 51.5 Å². The third-order valence-corrected chi connectivity index (χ3v) is 4.17. The summed E-state index contributed by atoms with van der Waals surface area (Å²) in [6, 6.07) is 13.5. The fourth-order valence-corrected chi connectivity index (χ4v) is 2.61. The minimum absolute atomic E-state index is 0.117. The molecule has 3 rings (SSSR count). The number of nitrogens with one attached hydrogen (secondary N) is 4. The van der Waals surface area contributed by atoms with Gasteiger partial charge in [-0.1, -0.05) is 30.3 Å². The maximum atomic E-state index is 12.1. The zero-order chi connectivity index (χ0) is 23.8. The Labute approximate surface area is 185 Å². The van der Waals surface area contributed by atoms with Gasteiger partial charge in [0.1, 0.15) is 6.33 Å². The summed E-state index contributed by atoms with van der Waals surface area (Å²) < 4.78 is 0. The van der Waals surface area contributed by atoms with Crippen molar-refractivity contribution in [1.82, 2.24) is 20.8 Å². The van der Waals surface area contributed by atoms with Crippen molar-refractivity contribution in [2.45, 2.75) is 6.42 Å². The van der Waals surface area contributed by atoms with Crippen LogP contribution in [0.5, 0.6) is 0 Å². The lowest BCUT2D eigenvalue weighted by atomic mass is 10.1. The van der Waals surface area contributed by atoms with Gasteiger partial charge >= 0.3 is 5.69 Å². The topological polar surface area (TPSA) is 194 Å². The van der Waals surface area contributed by atoms with E-state index in [2.05, 4.69) is 31.7 Å². The van der Waals surface area contributed by atoms with E-state index in [-0.39, 0.29) is 23.7 Å². The van der Waals surface area contributed by atoms with Gasteiger partial charge in [-0.15, -0.1) is 0 Å². The molecule has 2 amide bonds. The molecule has 0 saturated carbocycles. The summed E-state index contributed by atoms with van der Waals surface area (Å²) in [7, 11) is 0. The zero-order valence-electron chi connectivity index (χ0n) is 16.7. The first kappa shape index (κ1) is 22.5. The van der Waals surface area contributed by atoms with Gasteiger partial charge in [-0.05, 0) is 17.7 Å². The van der Waals surface area contributed by atoms with Crippen LogP contribution in [0.15, 0.2) is 60.9 Å². The van der Waals surface area contributed by atoms with E-state index in [1.54, 1.807) is 30.3 Å². The quantitative estimate of drug-likeness (QED) is 0.274. The molecule has 168 valence electrons. The molecule has 3 aromatic rings. The molecule has 0 aliphatic rings. The standard InChI is InChI=1S/C19H16N8O6/c28-15(10-12-6-8-14(9-7-12)26(30)31)22-23-17-16(27(32)33)18(21-11-20-17)24-25-19(29)13-4-2-1-3-5-13/h1-9,11H,10H2,(H,22,28)(H,25,29)(H2,20,21,23,24). The summed E-state index contributed by atoms with van der Waals surface area (Å²) in [4.78, 5) is 52.7. The first-order valence-electron chi connectivity index (χ1n) is 9.24. The molecule has 0 atom stereocenters. The van der Waals surface area contributed by atoms with Crippen LogP contribution in [0.1, 0.15) is 15.9 Å². The Morgan fingerprint density at radius 1 is 0.818 bits per heavy atom. The van der Waals surface area contributed by atoms with Crippen LogP contribution in [-0.4, -0.2) is 31.6 Å². The number of non-ortho nitro benzene ring substituents is 1. The smallest absolute Gasteiger partial charge is 0.276 e. The molecule has 0 aliphatic carbocycles. The van der Waals surface area contributed by atoms with Gasteiger partial charge in [0.05, 0.1) is 16.3 Å². The summed E-state index contributed by atoms with van der Waals surface area (Å²) in [6.07, 6.45) is 0.844. The molecule has 1 aromatic heterocycles. The molecule has 1 heterocycles. The van der Waals surface area contributed by atoms with Crippen molar-refractivity contribution < 1.29 is 19.4 Å². The largest absolute Gasteiger partial charge is 0.356 e. The van der Waals surface area contributed by atoms with Crippen molar-refractivity contribution in [2.24, 2.45) is 0 Å². The number of carbonyl (C=O) groups is 2. The Morgan fingerprint density at radius 3 is 2.00 bits per heavy atom. The van der Waals surface area contributed by atoms with Gasteiger partial charge in [0, 0.05) is 17.7 Å². The van der Waals surface area contributed by atoms with Crippen molar-refractivity contribution >= 4 is 34.8 Å². The third-order valence-electron chi connectivity index (χ3n) is 4.17. The fraction of sp³-hybridized carbons (Fsp3) is 0.0526. The van der Waals surface area contributed by atoms with Crippen LogP contribution in [0.4, 0.5) is 23.0 Å². The maximum Gasteiger partial charge on any atom is 0.356 e. The second-order valence-electron chi connectivity index (χ2n) is 6.40. The summed E-state index contributed by atoms with van der Waals surface area (Å²) in [6.45, 7) is 0. The fourth-order valence-electron chi connectivity index (χ4n) is 2.61. The maximum absolute atomic E-state index is 12.1. The van der Waals surface area contributed by atoms with Crippen molar-refractivity contribution in [3.05, 3.63) is 92.3 Å². The Morgan fingerprint density at radius 2 is 1.42 bits per heavy atom. The number of anilines is 2. The molecule has 4 N–H and O–H groups in total. The van der Waals surface area contributed by atoms with Crippen LogP contribution >= 0.6 is 0 Å². The van der Waals surface area contributed by atoms with Crippen LogP contribution in [0, 0.1) is 20.2 Å². The molecule has 0 fully saturated rings. The van der Waals surface area contributed by atoms with Crippen molar-refractivity contribution in [3.8, 4) is 0 Å². The second kappa shape index (κ2) is 10.3. The summed E-state index contributed by atoms with van der Waals surface area (Å²) in [5.41, 5.74) is 9.36. The SMILES string of the molecule is O=C(Cc1ccc([N+](=O)[O-])cc1)NNc1ncnc(NNC(=O)c2ccccc2)c1[N+](=O)[O-]. The van der Waals surface area contributed by atoms with Crippen LogP contribution in [0.25, 0.3) is 0 Å². The molecule has 2 aromatic carbocycles. The number of hydrazine groups is 2. The minimum Gasteiger partial charge on any atom is -0.276 e. The van der Waals surface area contributed by atoms with E-state index >= 15 is 0 Å². The van der Waals surface area contributed by atoms with Gasteiger partial charge in [0.15, 0.2) is 0 Å². The molecule has 0 unspecified atom stereocenters. The highest BCUT2D eigenvalue weighted by Crippen LogP contribution is 2.27. The lowest BCUT2D eigenvalue weighted by Crippen LogP contribution is -2.32. The van der Waals surface area contributed by atoms with Crippen molar-refractivity contribution in [2.75, 3.05) is 10.9 Å². The predicted octanol–water partition coefficient (Wildman–Crippen LogP) is 1.74. The zero-order valence-corrected chi connectivity index (χ0v) is 16.7. The first-order valence-corrected chi connectivity index (χ1v) is 9.24. The molecule has 0 saturated heterocycles. The monoisotopic (exact) mass is 452 g/mol. The van der Waals surface area contributed by atoms with Crippen LogP contribution in [0.2, 0.25) is 0 Å². The number of carbonyl (C=O) groups excluding carboxylic acids is 2. The van der Waals surface area contributed by atoms with E-state index in [0.29, 0.717) is 11.1 Å². The molecule has 0 spiro atoms. The molecule has 0 bridgehead atoms. The normalized spacial score (nSPS) is 10.1. The summed E-state index contributed by atoms with van der Waals surface area (Å²) in [5, 5.41) is 22.2. The van der Waals surface area contributed by atoms with E-state index < -0.39 is 27.3 Å². The predicted molar refractivity (Wildman–Crippen MR) is 115 cm³/mol. The minimum atomic E-state index is -0.790. The number of nitro groups is 2. The molecule has 33 heavy (non-hydrogen) atoms. The number of hydrogen-bond donors (Lipinski definition) is 4. The van der Waals surface area contributed by atoms with E-state index in [0.717, 1.165) is 6.33 Å². The van der Waals surface area contributed by atoms with Gasteiger partial charge < -0.3 is 0 Å². The average Bonchev–Trinajstić information content (AvgIpc) is 2.81. The molecule has 14 heteroatoms. The van der Waals surface area contributed by atoms with Gasteiger partial charge in [-0.2, -0.15) is 0 Å². The number of aromatic nitrogens is 2. The van der Waals surface area contributed by atoms with Crippen LogP contribution in [0.3, 0.4) is 0 Å². The highest BCUT2D eigenvalue weighted by molar-refractivity contribution is 5.95. The number of rotatable bonds is 9.